The molecule has 0 aromatic carbocycles. The Morgan fingerprint density at radius 2 is 1.53 bits per heavy atom. The summed E-state index contributed by atoms with van der Waals surface area (Å²) in [7, 11) is 0. The molecule has 10 nitrogen and oxygen atoms in total. The van der Waals surface area contributed by atoms with Crippen LogP contribution in [0.25, 0.3) is 0 Å². The van der Waals surface area contributed by atoms with Crippen LogP contribution < -0.4 is 10.6 Å². The zero-order valence-corrected chi connectivity index (χ0v) is 18.7. The fourth-order valence-electron chi connectivity index (χ4n) is 2.73. The first-order chi connectivity index (χ1) is 13.7. The van der Waals surface area contributed by atoms with Crippen molar-refractivity contribution >= 4 is 29.8 Å². The number of nitrogens with zero attached hydrogens (tertiary/aromatic N) is 1. The maximum atomic E-state index is 12.8. The second-order valence-electron chi connectivity index (χ2n) is 9.05. The summed E-state index contributed by atoms with van der Waals surface area (Å²) in [5.74, 6) is -3.01. The molecule has 0 aromatic heterocycles. The molecule has 0 radical (unpaired) electrons. The number of imide groups is 1. The number of nitrogens with one attached hydrogen (secondary N) is 2. The molecule has 1 aliphatic rings. The monoisotopic (exact) mass is 427 g/mol. The number of ether oxygens (including phenoxy) is 1. The Hall–Kier alpha value is -2.65. The topological polar surface area (TPSA) is 131 Å². The molecule has 2 N–H and O–H groups in total. The van der Waals surface area contributed by atoms with Gasteiger partial charge in [-0.05, 0) is 39.0 Å². The van der Waals surface area contributed by atoms with Gasteiger partial charge in [-0.3, -0.25) is 14.4 Å². The van der Waals surface area contributed by atoms with Crippen molar-refractivity contribution in [3.05, 3.63) is 0 Å². The van der Waals surface area contributed by atoms with E-state index in [0.717, 1.165) is 0 Å². The predicted octanol–water partition coefficient (Wildman–Crippen LogP) is 1.67. The van der Waals surface area contributed by atoms with Gasteiger partial charge in [0.2, 0.25) is 5.91 Å². The average Bonchev–Trinajstić information content (AvgIpc) is 2.88. The molecule has 0 aromatic rings. The number of rotatable bonds is 8. The molecule has 10 heteroatoms. The molecular weight excluding hydrogens is 394 g/mol. The van der Waals surface area contributed by atoms with Crippen molar-refractivity contribution < 1.29 is 33.5 Å². The molecular formula is C20H33N3O7. The maximum absolute atomic E-state index is 12.8. The van der Waals surface area contributed by atoms with Crippen LogP contribution in [0.15, 0.2) is 0 Å². The zero-order chi connectivity index (χ0) is 23.2. The first kappa shape index (κ1) is 25.4. The Morgan fingerprint density at radius 3 is 1.97 bits per heavy atom. The van der Waals surface area contributed by atoms with Crippen molar-refractivity contribution in [3.63, 3.8) is 0 Å². The molecule has 1 aliphatic heterocycles. The van der Waals surface area contributed by atoms with Gasteiger partial charge in [0.05, 0.1) is 0 Å². The highest BCUT2D eigenvalue weighted by molar-refractivity contribution is 6.02. The molecule has 1 saturated heterocycles. The van der Waals surface area contributed by atoms with Gasteiger partial charge in [0.15, 0.2) is 0 Å². The first-order valence-corrected chi connectivity index (χ1v) is 10.1. The van der Waals surface area contributed by atoms with Gasteiger partial charge in [-0.25, -0.2) is 9.59 Å². The summed E-state index contributed by atoms with van der Waals surface area (Å²) in [5, 5.41) is 5.53. The van der Waals surface area contributed by atoms with Gasteiger partial charge in [0, 0.05) is 12.8 Å². The van der Waals surface area contributed by atoms with E-state index in [9.17, 15) is 24.0 Å². The van der Waals surface area contributed by atoms with Gasteiger partial charge in [0.1, 0.15) is 17.7 Å². The van der Waals surface area contributed by atoms with Gasteiger partial charge >= 0.3 is 12.1 Å². The third-order valence-corrected chi connectivity index (χ3v) is 4.12. The van der Waals surface area contributed by atoms with E-state index in [4.69, 9.17) is 9.57 Å². The molecule has 0 aliphatic carbocycles. The summed E-state index contributed by atoms with van der Waals surface area (Å²) in [6.45, 7) is 12.3. The summed E-state index contributed by atoms with van der Waals surface area (Å²) in [4.78, 5) is 65.8. The third-order valence-electron chi connectivity index (χ3n) is 4.12. The molecule has 1 rings (SSSR count). The number of hydrogen-bond acceptors (Lipinski definition) is 7. The Balaban J connectivity index is 2.88. The van der Waals surface area contributed by atoms with E-state index in [-0.39, 0.29) is 31.1 Å². The number of amides is 4. The lowest BCUT2D eigenvalue weighted by Crippen LogP contribution is -2.55. The fourth-order valence-corrected chi connectivity index (χ4v) is 2.73. The van der Waals surface area contributed by atoms with Crippen molar-refractivity contribution in [1.29, 1.82) is 0 Å². The number of carbonyl (C=O) groups is 5. The van der Waals surface area contributed by atoms with Gasteiger partial charge in [-0.2, -0.15) is 0 Å². The van der Waals surface area contributed by atoms with Gasteiger partial charge < -0.3 is 20.2 Å². The molecule has 2 unspecified atom stereocenters. The first-order valence-electron chi connectivity index (χ1n) is 10.1. The maximum Gasteiger partial charge on any atom is 0.408 e. The average molecular weight is 427 g/mol. The van der Waals surface area contributed by atoms with Crippen LogP contribution in [0.2, 0.25) is 0 Å². The predicted molar refractivity (Wildman–Crippen MR) is 107 cm³/mol. The van der Waals surface area contributed by atoms with E-state index in [1.54, 1.807) is 34.6 Å². The SMILES string of the molecule is CC(C)CC(NC(=O)C(NC(=O)OC(C)(C)C)C(C)C)C(=O)ON1C(=O)CCC1=O. The molecule has 0 bridgehead atoms. The second-order valence-corrected chi connectivity index (χ2v) is 9.05. The van der Waals surface area contributed by atoms with Crippen molar-refractivity contribution in [1.82, 2.24) is 15.7 Å². The standard InChI is InChI=1S/C20H33N3O7/c1-11(2)10-13(18(27)30-23-14(24)8-9-15(23)25)21-17(26)16(12(3)4)22-19(28)29-20(5,6)7/h11-13,16H,8-10H2,1-7H3,(H,21,26)(H,22,28). The van der Waals surface area contributed by atoms with Crippen LogP contribution in [0, 0.1) is 11.8 Å². The quantitative estimate of drug-likeness (QED) is 0.563. The molecule has 4 amide bonds. The van der Waals surface area contributed by atoms with E-state index in [2.05, 4.69) is 10.6 Å². The van der Waals surface area contributed by atoms with Crippen LogP contribution in [0.1, 0.15) is 67.7 Å². The smallest absolute Gasteiger partial charge is 0.408 e. The van der Waals surface area contributed by atoms with Crippen molar-refractivity contribution in [2.24, 2.45) is 11.8 Å². The summed E-state index contributed by atoms with van der Waals surface area (Å²) in [5.41, 5.74) is -0.735. The molecule has 170 valence electrons. The lowest BCUT2D eigenvalue weighted by Gasteiger charge is -2.27. The van der Waals surface area contributed by atoms with Crippen molar-refractivity contribution in [3.8, 4) is 0 Å². The zero-order valence-electron chi connectivity index (χ0n) is 18.7. The number of alkyl carbamates (subject to hydrolysis) is 1. The van der Waals surface area contributed by atoms with Crippen LogP contribution in [0.4, 0.5) is 4.79 Å². The third kappa shape index (κ3) is 8.00. The summed E-state index contributed by atoms with van der Waals surface area (Å²) in [6.07, 6.45) is -0.587. The molecule has 1 heterocycles. The summed E-state index contributed by atoms with van der Waals surface area (Å²) in [6, 6.07) is -2.06. The Kier molecular flexibility index (Phi) is 8.80. The fraction of sp³-hybridized carbons (Fsp3) is 0.750. The molecule has 0 spiro atoms. The van der Waals surface area contributed by atoms with Crippen molar-refractivity contribution in [2.45, 2.75) is 85.4 Å². The van der Waals surface area contributed by atoms with E-state index < -0.39 is 47.5 Å². The highest BCUT2D eigenvalue weighted by Gasteiger charge is 2.36. The minimum atomic E-state index is -1.10. The van der Waals surface area contributed by atoms with Gasteiger partial charge in [-0.15, -0.1) is 5.06 Å². The van der Waals surface area contributed by atoms with Crippen LogP contribution in [0.5, 0.6) is 0 Å². The summed E-state index contributed by atoms with van der Waals surface area (Å²) >= 11 is 0. The van der Waals surface area contributed by atoms with E-state index in [0.29, 0.717) is 5.06 Å². The summed E-state index contributed by atoms with van der Waals surface area (Å²) < 4.78 is 5.19. The number of carbonyl (C=O) groups excluding carboxylic acids is 5. The van der Waals surface area contributed by atoms with E-state index in [1.165, 1.54) is 0 Å². The number of hydroxylamine groups is 2. The van der Waals surface area contributed by atoms with E-state index in [1.807, 2.05) is 13.8 Å². The Bertz CT molecular complexity index is 666. The van der Waals surface area contributed by atoms with Crippen LogP contribution in [0.3, 0.4) is 0 Å². The lowest BCUT2D eigenvalue weighted by molar-refractivity contribution is -0.199. The van der Waals surface area contributed by atoms with Crippen LogP contribution in [-0.4, -0.2) is 52.5 Å². The molecule has 2 atom stereocenters. The normalized spacial score (nSPS) is 16.5. The van der Waals surface area contributed by atoms with Crippen LogP contribution in [-0.2, 0) is 28.8 Å². The second kappa shape index (κ2) is 10.4. The molecule has 0 saturated carbocycles. The molecule has 30 heavy (non-hydrogen) atoms. The van der Waals surface area contributed by atoms with Gasteiger partial charge in [-0.1, -0.05) is 27.7 Å². The Morgan fingerprint density at radius 1 is 1.00 bits per heavy atom. The minimum Gasteiger partial charge on any atom is -0.444 e. The highest BCUT2D eigenvalue weighted by Crippen LogP contribution is 2.15. The van der Waals surface area contributed by atoms with E-state index >= 15 is 0 Å². The largest absolute Gasteiger partial charge is 0.444 e. The highest BCUT2D eigenvalue weighted by atomic mass is 16.7. The molecule has 1 fully saturated rings. The number of hydrogen-bond donors (Lipinski definition) is 2. The lowest BCUT2D eigenvalue weighted by atomic mass is 10.0. The minimum absolute atomic E-state index is 0.00384. The van der Waals surface area contributed by atoms with Crippen LogP contribution >= 0.6 is 0 Å². The Labute approximate surface area is 177 Å². The van der Waals surface area contributed by atoms with Gasteiger partial charge in [0.25, 0.3) is 11.8 Å². The van der Waals surface area contributed by atoms with Crippen molar-refractivity contribution in [2.75, 3.05) is 0 Å².